The van der Waals surface area contributed by atoms with Crippen LogP contribution in [-0.4, -0.2) is 0 Å². The van der Waals surface area contributed by atoms with Crippen molar-refractivity contribution in [2.75, 3.05) is 9.80 Å². The van der Waals surface area contributed by atoms with Gasteiger partial charge < -0.3 is 19.3 Å². The Kier molecular flexibility index (Phi) is 15.8. The van der Waals surface area contributed by atoms with Crippen molar-refractivity contribution in [1.29, 1.82) is 0 Å². The Hall–Kier alpha value is -10.4. The Morgan fingerprint density at radius 1 is 0.218 bits per heavy atom. The van der Waals surface area contributed by atoms with Gasteiger partial charge in [0, 0.05) is 46.3 Å². The number of benzene rings is 11. The normalized spacial score (nSPS) is 11.0. The van der Waals surface area contributed by atoms with E-state index in [1.54, 1.807) is 0 Å². The summed E-state index contributed by atoms with van der Waals surface area (Å²) in [7, 11) is 0. The second kappa shape index (κ2) is 24.7. The van der Waals surface area contributed by atoms with Crippen molar-refractivity contribution in [1.82, 2.24) is 0 Å². The van der Waals surface area contributed by atoms with Crippen LogP contribution in [0.25, 0.3) is 35.5 Å². The van der Waals surface area contributed by atoms with Crippen molar-refractivity contribution in [3.05, 3.63) is 360 Å². The van der Waals surface area contributed by atoms with E-state index >= 15 is 0 Å². The van der Waals surface area contributed by atoms with Gasteiger partial charge in [-0.2, -0.15) is 0 Å². The summed E-state index contributed by atoms with van der Waals surface area (Å²) in [6, 6.07) is 105. The third-order valence-corrected chi connectivity index (χ3v) is 13.3. The Balaban J connectivity index is 0.806. The third kappa shape index (κ3) is 12.9. The van der Waals surface area contributed by atoms with E-state index in [4.69, 9.17) is 9.47 Å². The predicted molar refractivity (Wildman–Crippen MR) is 327 cm³/mol. The lowest BCUT2D eigenvalue weighted by Gasteiger charge is -2.24. The first-order valence-electron chi connectivity index (χ1n) is 26.2. The van der Waals surface area contributed by atoms with Crippen LogP contribution >= 0.6 is 0 Å². The highest BCUT2D eigenvalue weighted by Crippen LogP contribution is 2.36. The van der Waals surface area contributed by atoms with E-state index in [1.807, 2.05) is 84.9 Å². The smallest absolute Gasteiger partial charge is 0.127 e. The zero-order valence-electron chi connectivity index (χ0n) is 43.0. The fraction of sp³-hybridized carbons (Fsp3) is 0. The summed E-state index contributed by atoms with van der Waals surface area (Å²) >= 11 is 0. The minimum absolute atomic E-state index is 0.776. The minimum atomic E-state index is 0.776. The van der Waals surface area contributed by atoms with Crippen molar-refractivity contribution in [2.24, 2.45) is 0 Å². The Morgan fingerprint density at radius 2 is 0.423 bits per heavy atom. The molecule has 11 rings (SSSR count). The maximum Gasteiger partial charge on any atom is 0.127 e. The number of ether oxygens (including phenoxy) is 2. The highest BCUT2D eigenvalue weighted by Gasteiger charge is 2.15. The first-order valence-corrected chi connectivity index (χ1v) is 26.2. The molecule has 78 heavy (non-hydrogen) atoms. The first kappa shape index (κ1) is 49.8. The van der Waals surface area contributed by atoms with Crippen molar-refractivity contribution in [2.45, 2.75) is 0 Å². The third-order valence-electron chi connectivity index (χ3n) is 13.3. The second-order valence-corrected chi connectivity index (χ2v) is 18.6. The van der Waals surface area contributed by atoms with E-state index in [1.165, 1.54) is 0 Å². The van der Waals surface area contributed by atoms with Gasteiger partial charge in [0.2, 0.25) is 0 Å². The van der Waals surface area contributed by atoms with E-state index in [0.717, 1.165) is 101 Å². The zero-order valence-corrected chi connectivity index (χ0v) is 43.0. The van der Waals surface area contributed by atoms with Gasteiger partial charge in [0.05, 0.1) is 0 Å². The molecule has 4 heteroatoms. The van der Waals surface area contributed by atoms with Gasteiger partial charge >= 0.3 is 0 Å². The molecule has 0 fully saturated rings. The van der Waals surface area contributed by atoms with Crippen LogP contribution in [0.1, 0.15) is 44.5 Å². The predicted octanol–water partition coefficient (Wildman–Crippen LogP) is 20.1. The molecule has 0 radical (unpaired) electrons. The molecule has 0 aliphatic carbocycles. The Morgan fingerprint density at radius 3 is 0.679 bits per heavy atom. The van der Waals surface area contributed by atoms with Crippen molar-refractivity contribution in [3.63, 3.8) is 0 Å². The zero-order chi connectivity index (χ0) is 52.6. The minimum Gasteiger partial charge on any atom is -0.457 e. The molecular weight excluding hydrogens is 949 g/mol. The van der Waals surface area contributed by atoms with Gasteiger partial charge in [0.25, 0.3) is 0 Å². The number of anilines is 4. The number of hydrogen-bond donors (Lipinski definition) is 0. The molecule has 0 aliphatic heterocycles. The Labute approximate surface area is 458 Å². The van der Waals surface area contributed by atoms with E-state index < -0.39 is 0 Å². The summed E-state index contributed by atoms with van der Waals surface area (Å²) in [4.78, 5) is 4.50. The van der Waals surface area contributed by atoms with Crippen LogP contribution in [0.3, 0.4) is 0 Å². The lowest BCUT2D eigenvalue weighted by molar-refractivity contribution is 0.482. The van der Waals surface area contributed by atoms with Crippen molar-refractivity contribution < 1.29 is 9.47 Å². The molecule has 0 unspecified atom stereocenters. The van der Waals surface area contributed by atoms with Gasteiger partial charge in [-0.3, -0.25) is 0 Å². The van der Waals surface area contributed by atoms with Crippen LogP contribution in [0.5, 0.6) is 23.0 Å². The van der Waals surface area contributed by atoms with Crippen LogP contribution in [0, 0.1) is 0 Å². The fourth-order valence-electron chi connectivity index (χ4n) is 9.15. The fourth-order valence-corrected chi connectivity index (χ4v) is 9.15. The van der Waals surface area contributed by atoms with E-state index in [2.05, 4.69) is 265 Å². The topological polar surface area (TPSA) is 24.9 Å². The quantitative estimate of drug-likeness (QED) is 0.0800. The molecule has 0 amide bonds. The molecule has 0 atom stereocenters. The van der Waals surface area contributed by atoms with Crippen molar-refractivity contribution >= 4 is 58.2 Å². The van der Waals surface area contributed by atoms with Gasteiger partial charge in [-0.25, -0.2) is 0 Å². The van der Waals surface area contributed by atoms with Gasteiger partial charge in [-0.1, -0.05) is 231 Å². The van der Waals surface area contributed by atoms with E-state index in [-0.39, 0.29) is 0 Å². The molecule has 374 valence electrons. The van der Waals surface area contributed by atoms with Crippen LogP contribution < -0.4 is 19.3 Å². The maximum atomic E-state index is 6.17. The van der Waals surface area contributed by atoms with Crippen LogP contribution in [0.15, 0.2) is 316 Å². The van der Waals surface area contributed by atoms with E-state index in [9.17, 15) is 0 Å². The molecule has 0 saturated heterocycles. The highest BCUT2D eigenvalue weighted by atomic mass is 16.5. The summed E-state index contributed by atoms with van der Waals surface area (Å²) in [5, 5.41) is 0. The summed E-state index contributed by atoms with van der Waals surface area (Å²) in [6.45, 7) is 0. The molecule has 0 heterocycles. The molecule has 0 spiro atoms. The lowest BCUT2D eigenvalue weighted by atomic mass is 9.98. The molecular formula is C74H56N2O2. The van der Waals surface area contributed by atoms with Gasteiger partial charge in [0.15, 0.2) is 0 Å². The van der Waals surface area contributed by atoms with Crippen LogP contribution in [-0.2, 0) is 0 Å². The SMILES string of the molecule is C(=C(c1ccccc1)c1ccccc1)N(c1ccc(/C=C/c2ccc(/C=C/c3ccc(N(C=C(c4ccccc4)c4ccccc4)c4ccc(Oc5ccccc5)cc4)cc3)cc2)cc1)c1ccc(Oc2ccccc2)cc1. The molecule has 0 bridgehead atoms. The Bertz CT molecular complexity index is 3410. The second-order valence-electron chi connectivity index (χ2n) is 18.6. The molecule has 0 saturated carbocycles. The van der Waals surface area contributed by atoms with Crippen LogP contribution in [0.4, 0.5) is 22.7 Å². The average molecular weight is 1010 g/mol. The largest absolute Gasteiger partial charge is 0.457 e. The number of nitrogens with zero attached hydrogens (tertiary/aromatic N) is 2. The van der Waals surface area contributed by atoms with E-state index in [0.29, 0.717) is 0 Å². The first-order chi connectivity index (χ1) is 38.6. The standard InChI is InChI=1S/C74H56N2O2/c1-7-19-61(20-8-1)73(62-21-9-2-10-22-62)55-75(67-47-51-71(52-48-67)77-69-27-15-5-16-28-69)65-43-39-59(40-44-65)37-35-57-31-33-58(34-32-57)36-38-60-41-45-66(46-42-60)76(68-49-53-72(54-50-68)78-70-29-17-6-18-30-70)56-74(63-23-11-3-12-24-63)64-25-13-4-14-26-64/h1-56H/b37-35+,38-36+. The summed E-state index contributed by atoms with van der Waals surface area (Å²) in [5.74, 6) is 3.16. The van der Waals surface area contributed by atoms with Gasteiger partial charge in [-0.05, 0) is 142 Å². The monoisotopic (exact) mass is 1000 g/mol. The lowest BCUT2D eigenvalue weighted by Crippen LogP contribution is -2.10. The van der Waals surface area contributed by atoms with Crippen LogP contribution in [0.2, 0.25) is 0 Å². The summed E-state index contributed by atoms with van der Waals surface area (Å²) in [5.41, 5.74) is 15.3. The number of para-hydroxylation sites is 2. The van der Waals surface area contributed by atoms with Gasteiger partial charge in [-0.15, -0.1) is 0 Å². The molecule has 4 nitrogen and oxygen atoms in total. The summed E-state index contributed by atoms with van der Waals surface area (Å²) < 4.78 is 12.3. The molecule has 0 N–H and O–H groups in total. The molecule has 0 aliphatic rings. The molecule has 11 aromatic carbocycles. The summed E-state index contributed by atoms with van der Waals surface area (Å²) in [6.07, 6.45) is 13.1. The maximum absolute atomic E-state index is 6.17. The molecule has 0 aromatic heterocycles. The number of rotatable bonds is 18. The van der Waals surface area contributed by atoms with Gasteiger partial charge in [0.1, 0.15) is 23.0 Å². The molecule has 11 aromatic rings. The average Bonchev–Trinajstić information content (AvgIpc) is 3.53. The highest BCUT2D eigenvalue weighted by molar-refractivity contribution is 5.86. The number of hydrogen-bond acceptors (Lipinski definition) is 4. The van der Waals surface area contributed by atoms with Crippen molar-refractivity contribution in [3.8, 4) is 23.0 Å².